The van der Waals surface area contributed by atoms with E-state index >= 15 is 0 Å². The summed E-state index contributed by atoms with van der Waals surface area (Å²) in [6.45, 7) is 4.56. The van der Waals surface area contributed by atoms with E-state index in [4.69, 9.17) is 5.73 Å². The van der Waals surface area contributed by atoms with Gasteiger partial charge in [0.15, 0.2) is 0 Å². The molecule has 0 aromatic heterocycles. The van der Waals surface area contributed by atoms with Crippen molar-refractivity contribution in [2.45, 2.75) is 69.7 Å². The maximum Gasteiger partial charge on any atom is 0.0108 e. The molecular weight excluding hydrogens is 230 g/mol. The fraction of sp³-hybridized carbons (Fsp3) is 0.667. The van der Waals surface area contributed by atoms with Crippen LogP contribution in [0.4, 0.5) is 0 Å². The van der Waals surface area contributed by atoms with E-state index in [1.54, 1.807) is 5.56 Å². The van der Waals surface area contributed by atoms with Gasteiger partial charge < -0.3 is 5.73 Å². The summed E-state index contributed by atoms with van der Waals surface area (Å²) in [6, 6.07) is 9.64. The Kier molecular flexibility index (Phi) is 3.42. The molecule has 0 saturated heterocycles. The Morgan fingerprint density at radius 2 is 1.84 bits per heavy atom. The molecule has 1 aromatic carbocycles. The Balaban J connectivity index is 1.81. The van der Waals surface area contributed by atoms with Gasteiger partial charge in [0.1, 0.15) is 0 Å². The standard InChI is InChI=1S/C18H27N/c1-13-6-8-15(9-7-13)16-4-3-5-17(12-16)18(10-11-18)14(2)19/h3-5,12-15H,6-11,19H2,1-2H3. The molecule has 0 bridgehead atoms. The lowest BCUT2D eigenvalue weighted by Gasteiger charge is -2.28. The minimum Gasteiger partial charge on any atom is -0.327 e. The third-order valence-electron chi connectivity index (χ3n) is 5.61. The van der Waals surface area contributed by atoms with Crippen molar-refractivity contribution in [2.75, 3.05) is 0 Å². The monoisotopic (exact) mass is 257 g/mol. The molecule has 1 nitrogen and oxygen atoms in total. The third kappa shape index (κ3) is 2.45. The third-order valence-corrected chi connectivity index (χ3v) is 5.61. The van der Waals surface area contributed by atoms with Gasteiger partial charge in [-0.15, -0.1) is 0 Å². The van der Waals surface area contributed by atoms with Gasteiger partial charge in [-0.2, -0.15) is 0 Å². The van der Waals surface area contributed by atoms with Crippen molar-refractivity contribution in [3.05, 3.63) is 35.4 Å². The molecule has 0 radical (unpaired) electrons. The first-order valence-electron chi connectivity index (χ1n) is 7.98. The van der Waals surface area contributed by atoms with Crippen molar-refractivity contribution in [1.82, 2.24) is 0 Å². The first kappa shape index (κ1) is 13.2. The molecule has 0 spiro atoms. The van der Waals surface area contributed by atoms with Crippen LogP contribution in [0.3, 0.4) is 0 Å². The van der Waals surface area contributed by atoms with Crippen LogP contribution in [0.5, 0.6) is 0 Å². The van der Waals surface area contributed by atoms with Gasteiger partial charge in [0.25, 0.3) is 0 Å². The van der Waals surface area contributed by atoms with E-state index in [0.717, 1.165) is 11.8 Å². The number of nitrogens with two attached hydrogens (primary N) is 1. The quantitative estimate of drug-likeness (QED) is 0.855. The molecule has 1 atom stereocenters. The Morgan fingerprint density at radius 1 is 1.16 bits per heavy atom. The van der Waals surface area contributed by atoms with Crippen molar-refractivity contribution >= 4 is 0 Å². The molecular formula is C18H27N. The zero-order valence-electron chi connectivity index (χ0n) is 12.4. The average molecular weight is 257 g/mol. The van der Waals surface area contributed by atoms with Gasteiger partial charge in [0, 0.05) is 11.5 Å². The van der Waals surface area contributed by atoms with Crippen LogP contribution in [0.2, 0.25) is 0 Å². The lowest BCUT2D eigenvalue weighted by Crippen LogP contribution is -2.31. The summed E-state index contributed by atoms with van der Waals surface area (Å²) in [4.78, 5) is 0. The Labute approximate surface area is 117 Å². The van der Waals surface area contributed by atoms with E-state index in [2.05, 4.69) is 38.1 Å². The van der Waals surface area contributed by atoms with Crippen molar-refractivity contribution in [3.8, 4) is 0 Å². The average Bonchev–Trinajstić information content (AvgIpc) is 3.21. The summed E-state index contributed by atoms with van der Waals surface area (Å²) >= 11 is 0. The molecule has 1 aromatic rings. The molecule has 1 heteroatoms. The first-order valence-corrected chi connectivity index (χ1v) is 7.98. The fourth-order valence-corrected chi connectivity index (χ4v) is 3.84. The van der Waals surface area contributed by atoms with E-state index < -0.39 is 0 Å². The highest BCUT2D eigenvalue weighted by Gasteiger charge is 2.47. The maximum absolute atomic E-state index is 6.21. The molecule has 2 fully saturated rings. The summed E-state index contributed by atoms with van der Waals surface area (Å²) in [7, 11) is 0. The van der Waals surface area contributed by atoms with E-state index in [1.807, 2.05) is 0 Å². The van der Waals surface area contributed by atoms with Crippen LogP contribution in [0, 0.1) is 5.92 Å². The van der Waals surface area contributed by atoms with Crippen molar-refractivity contribution in [1.29, 1.82) is 0 Å². The van der Waals surface area contributed by atoms with Crippen LogP contribution in [0.15, 0.2) is 24.3 Å². The normalized spacial score (nSPS) is 30.9. The molecule has 2 saturated carbocycles. The summed E-state index contributed by atoms with van der Waals surface area (Å²) in [6.07, 6.45) is 8.08. The summed E-state index contributed by atoms with van der Waals surface area (Å²) in [5.41, 5.74) is 9.58. The summed E-state index contributed by atoms with van der Waals surface area (Å²) in [5.74, 6) is 1.72. The molecule has 0 heterocycles. The Morgan fingerprint density at radius 3 is 2.42 bits per heavy atom. The lowest BCUT2D eigenvalue weighted by atomic mass is 9.78. The van der Waals surface area contributed by atoms with Gasteiger partial charge in [-0.05, 0) is 55.6 Å². The second-order valence-corrected chi connectivity index (χ2v) is 7.03. The molecule has 2 N–H and O–H groups in total. The van der Waals surface area contributed by atoms with Gasteiger partial charge in [-0.25, -0.2) is 0 Å². The zero-order chi connectivity index (χ0) is 13.5. The highest BCUT2D eigenvalue weighted by molar-refractivity contribution is 5.37. The molecule has 1 unspecified atom stereocenters. The Bertz CT molecular complexity index is 437. The van der Waals surface area contributed by atoms with E-state index in [9.17, 15) is 0 Å². The predicted molar refractivity (Wildman–Crippen MR) is 81.4 cm³/mol. The predicted octanol–water partition coefficient (Wildman–Crippen LogP) is 4.36. The molecule has 3 rings (SSSR count). The minimum atomic E-state index is 0.286. The highest BCUT2D eigenvalue weighted by Crippen LogP contribution is 2.51. The molecule has 19 heavy (non-hydrogen) atoms. The van der Waals surface area contributed by atoms with Crippen molar-refractivity contribution < 1.29 is 0 Å². The van der Waals surface area contributed by atoms with E-state index in [-0.39, 0.29) is 6.04 Å². The van der Waals surface area contributed by atoms with Gasteiger partial charge in [-0.1, -0.05) is 44.0 Å². The molecule has 0 aliphatic heterocycles. The highest BCUT2D eigenvalue weighted by atomic mass is 14.7. The lowest BCUT2D eigenvalue weighted by molar-refractivity contribution is 0.347. The SMILES string of the molecule is CC1CCC(c2cccc(C3(C(C)N)CC3)c2)CC1. The van der Waals surface area contributed by atoms with Crippen LogP contribution < -0.4 is 5.73 Å². The van der Waals surface area contributed by atoms with Gasteiger partial charge in [0.2, 0.25) is 0 Å². The van der Waals surface area contributed by atoms with Crippen LogP contribution in [-0.2, 0) is 5.41 Å². The van der Waals surface area contributed by atoms with E-state index in [0.29, 0.717) is 5.41 Å². The maximum atomic E-state index is 6.21. The fourth-order valence-electron chi connectivity index (χ4n) is 3.84. The van der Waals surface area contributed by atoms with Gasteiger partial charge in [-0.3, -0.25) is 0 Å². The van der Waals surface area contributed by atoms with Crippen LogP contribution >= 0.6 is 0 Å². The van der Waals surface area contributed by atoms with Gasteiger partial charge in [0.05, 0.1) is 0 Å². The first-order chi connectivity index (χ1) is 9.12. The topological polar surface area (TPSA) is 26.0 Å². The molecule has 2 aliphatic rings. The number of hydrogen-bond acceptors (Lipinski definition) is 1. The molecule has 104 valence electrons. The zero-order valence-corrected chi connectivity index (χ0v) is 12.4. The minimum absolute atomic E-state index is 0.286. The number of benzene rings is 1. The van der Waals surface area contributed by atoms with Crippen LogP contribution in [-0.4, -0.2) is 6.04 Å². The number of hydrogen-bond donors (Lipinski definition) is 1. The van der Waals surface area contributed by atoms with Crippen LogP contribution in [0.25, 0.3) is 0 Å². The summed E-state index contributed by atoms with van der Waals surface area (Å²) in [5, 5.41) is 0. The molecule has 2 aliphatic carbocycles. The van der Waals surface area contributed by atoms with Crippen molar-refractivity contribution in [3.63, 3.8) is 0 Å². The largest absolute Gasteiger partial charge is 0.327 e. The van der Waals surface area contributed by atoms with Crippen LogP contribution in [0.1, 0.15) is 69.4 Å². The number of rotatable bonds is 3. The summed E-state index contributed by atoms with van der Waals surface area (Å²) < 4.78 is 0. The van der Waals surface area contributed by atoms with Gasteiger partial charge >= 0.3 is 0 Å². The second-order valence-electron chi connectivity index (χ2n) is 7.03. The Hall–Kier alpha value is -0.820. The molecule has 0 amide bonds. The second kappa shape index (κ2) is 4.94. The van der Waals surface area contributed by atoms with Crippen molar-refractivity contribution in [2.24, 2.45) is 11.7 Å². The van der Waals surface area contributed by atoms with E-state index in [1.165, 1.54) is 44.1 Å². The smallest absolute Gasteiger partial charge is 0.0108 e.